The molecule has 0 amide bonds. The van der Waals surface area contributed by atoms with Crippen molar-refractivity contribution in [1.82, 2.24) is 10.3 Å². The summed E-state index contributed by atoms with van der Waals surface area (Å²) in [5.74, 6) is -0.0806. The molecular formula is C13H16N2O3. The molecule has 2 unspecified atom stereocenters. The third-order valence-electron chi connectivity index (χ3n) is 3.44. The second-order valence-corrected chi connectivity index (χ2v) is 4.82. The summed E-state index contributed by atoms with van der Waals surface area (Å²) in [6.07, 6.45) is 3.87. The van der Waals surface area contributed by atoms with Gasteiger partial charge in [0.05, 0.1) is 11.5 Å². The molecule has 0 spiro atoms. The number of rotatable bonds is 2. The lowest BCUT2D eigenvalue weighted by Crippen LogP contribution is -2.42. The van der Waals surface area contributed by atoms with E-state index >= 15 is 0 Å². The third kappa shape index (κ3) is 2.19. The first-order valence-electron chi connectivity index (χ1n) is 6.20. The van der Waals surface area contributed by atoms with Gasteiger partial charge >= 0.3 is 0 Å². The van der Waals surface area contributed by atoms with Gasteiger partial charge in [0.1, 0.15) is 11.8 Å². The Labute approximate surface area is 104 Å². The molecule has 2 aromatic heterocycles. The number of aliphatic hydroxyl groups excluding tert-OH is 1. The van der Waals surface area contributed by atoms with Crippen LogP contribution in [-0.2, 0) is 6.42 Å². The maximum absolute atomic E-state index is 9.42. The van der Waals surface area contributed by atoms with Crippen molar-refractivity contribution in [2.75, 3.05) is 6.54 Å². The maximum atomic E-state index is 9.42. The molecule has 1 aliphatic heterocycles. The predicted octanol–water partition coefficient (Wildman–Crippen LogP) is 1.19. The zero-order valence-electron chi connectivity index (χ0n) is 9.97. The van der Waals surface area contributed by atoms with Gasteiger partial charge in [-0.15, -0.1) is 0 Å². The maximum Gasteiger partial charge on any atom is 0.291 e. The first-order valence-corrected chi connectivity index (χ1v) is 6.20. The van der Waals surface area contributed by atoms with Gasteiger partial charge in [-0.3, -0.25) is 0 Å². The van der Waals surface area contributed by atoms with Crippen LogP contribution in [-0.4, -0.2) is 33.9 Å². The highest BCUT2D eigenvalue weighted by atomic mass is 16.5. The number of β-amino-alcohol motifs (C(OH)–C–C–N with tert-alkyl or cyclic N) is 1. The number of hydrogen-bond acceptors (Lipinski definition) is 5. The number of aromatic nitrogens is 1. The molecule has 0 aliphatic carbocycles. The fourth-order valence-electron chi connectivity index (χ4n) is 2.40. The summed E-state index contributed by atoms with van der Waals surface area (Å²) >= 11 is 0. The smallest absolute Gasteiger partial charge is 0.291 e. The zero-order chi connectivity index (χ0) is 12.5. The molecule has 0 saturated carbocycles. The molecule has 3 rings (SSSR count). The summed E-state index contributed by atoms with van der Waals surface area (Å²) in [5, 5.41) is 22.8. The summed E-state index contributed by atoms with van der Waals surface area (Å²) in [6, 6.07) is 4.09. The fraction of sp³-hybridized carbons (Fsp3) is 0.462. The van der Waals surface area contributed by atoms with E-state index in [1.807, 2.05) is 12.1 Å². The number of hydrogen-bond donors (Lipinski definition) is 3. The van der Waals surface area contributed by atoms with Gasteiger partial charge in [0.15, 0.2) is 0 Å². The van der Waals surface area contributed by atoms with Gasteiger partial charge < -0.3 is 19.9 Å². The summed E-state index contributed by atoms with van der Waals surface area (Å²) in [7, 11) is 0. The van der Waals surface area contributed by atoms with E-state index in [1.54, 1.807) is 0 Å². The van der Waals surface area contributed by atoms with Crippen molar-refractivity contribution in [3.05, 3.63) is 24.1 Å². The highest BCUT2D eigenvalue weighted by Gasteiger charge is 2.19. The Balaban J connectivity index is 1.74. The number of aliphatic hydroxyl groups is 1. The molecule has 3 heterocycles. The van der Waals surface area contributed by atoms with Crippen molar-refractivity contribution in [1.29, 1.82) is 0 Å². The van der Waals surface area contributed by atoms with Crippen LogP contribution in [0.4, 0.5) is 0 Å². The van der Waals surface area contributed by atoms with Crippen molar-refractivity contribution in [3.8, 4) is 5.95 Å². The van der Waals surface area contributed by atoms with Crippen molar-refractivity contribution in [3.63, 3.8) is 0 Å². The molecule has 1 saturated heterocycles. The van der Waals surface area contributed by atoms with Crippen molar-refractivity contribution in [2.24, 2.45) is 0 Å². The van der Waals surface area contributed by atoms with Crippen LogP contribution in [0.3, 0.4) is 0 Å². The van der Waals surface area contributed by atoms with Gasteiger partial charge in [-0.25, -0.2) is 4.98 Å². The van der Waals surface area contributed by atoms with Gasteiger partial charge in [-0.1, -0.05) is 0 Å². The van der Waals surface area contributed by atoms with E-state index in [2.05, 4.69) is 10.3 Å². The number of pyridine rings is 1. The Morgan fingerprint density at radius 2 is 2.28 bits per heavy atom. The molecule has 2 aromatic rings. The van der Waals surface area contributed by atoms with Crippen LogP contribution in [0, 0.1) is 0 Å². The molecule has 0 bridgehead atoms. The van der Waals surface area contributed by atoms with Gasteiger partial charge in [-0.2, -0.15) is 0 Å². The van der Waals surface area contributed by atoms with Crippen LogP contribution in [0.5, 0.6) is 5.95 Å². The van der Waals surface area contributed by atoms with Gasteiger partial charge in [-0.05, 0) is 25.0 Å². The first-order chi connectivity index (χ1) is 8.72. The number of nitrogens with one attached hydrogen (secondary N) is 1. The molecule has 0 aromatic carbocycles. The molecular weight excluding hydrogens is 232 g/mol. The SMILES string of the molecule is Oc1occ2nc(CC3CCC(O)CN3)ccc12. The molecule has 96 valence electrons. The zero-order valence-corrected chi connectivity index (χ0v) is 9.97. The fourth-order valence-corrected chi connectivity index (χ4v) is 2.40. The summed E-state index contributed by atoms with van der Waals surface area (Å²) in [6.45, 7) is 0.652. The largest absolute Gasteiger partial charge is 0.480 e. The molecule has 1 fully saturated rings. The summed E-state index contributed by atoms with van der Waals surface area (Å²) in [5.41, 5.74) is 1.65. The second kappa shape index (κ2) is 4.59. The lowest BCUT2D eigenvalue weighted by atomic mass is 9.98. The van der Waals surface area contributed by atoms with Crippen LogP contribution in [0.15, 0.2) is 22.8 Å². The normalized spacial score (nSPS) is 24.5. The van der Waals surface area contributed by atoms with Gasteiger partial charge in [0.25, 0.3) is 5.95 Å². The van der Waals surface area contributed by atoms with Crippen LogP contribution in [0.25, 0.3) is 10.9 Å². The number of aromatic hydroxyl groups is 1. The van der Waals surface area contributed by atoms with Gasteiger partial charge in [0, 0.05) is 24.7 Å². The number of fused-ring (bicyclic) bond motifs is 1. The first kappa shape index (κ1) is 11.5. The average molecular weight is 248 g/mol. The van der Waals surface area contributed by atoms with E-state index in [9.17, 15) is 10.2 Å². The summed E-state index contributed by atoms with van der Waals surface area (Å²) in [4.78, 5) is 4.45. The average Bonchev–Trinajstić information content (AvgIpc) is 2.74. The molecule has 0 radical (unpaired) electrons. The van der Waals surface area contributed by atoms with Crippen LogP contribution in [0.1, 0.15) is 18.5 Å². The van der Waals surface area contributed by atoms with Crippen molar-refractivity contribution < 1.29 is 14.6 Å². The van der Waals surface area contributed by atoms with Crippen molar-refractivity contribution in [2.45, 2.75) is 31.4 Å². The van der Waals surface area contributed by atoms with Crippen LogP contribution < -0.4 is 5.32 Å². The molecule has 2 atom stereocenters. The minimum Gasteiger partial charge on any atom is -0.480 e. The Hall–Kier alpha value is -1.59. The van der Waals surface area contributed by atoms with E-state index in [1.165, 1.54) is 6.26 Å². The monoisotopic (exact) mass is 248 g/mol. The Morgan fingerprint density at radius 3 is 3.06 bits per heavy atom. The van der Waals surface area contributed by atoms with E-state index in [4.69, 9.17) is 4.42 Å². The van der Waals surface area contributed by atoms with Crippen LogP contribution in [0.2, 0.25) is 0 Å². The lowest BCUT2D eigenvalue weighted by molar-refractivity contribution is 0.126. The van der Waals surface area contributed by atoms with Crippen molar-refractivity contribution >= 4 is 10.9 Å². The van der Waals surface area contributed by atoms with E-state index in [-0.39, 0.29) is 12.1 Å². The standard InChI is InChI=1S/C13H16N2O3/c16-10-3-1-8(14-6-10)5-9-2-4-11-12(15-9)7-18-13(11)17/h2,4,7-8,10,14,16-17H,1,3,5-6H2. The number of furan rings is 1. The molecule has 5 nitrogen and oxygen atoms in total. The van der Waals surface area contributed by atoms with E-state index in [0.717, 1.165) is 25.0 Å². The number of piperidine rings is 1. The Kier molecular flexibility index (Phi) is 2.93. The van der Waals surface area contributed by atoms with E-state index in [0.29, 0.717) is 23.5 Å². The Morgan fingerprint density at radius 1 is 1.39 bits per heavy atom. The highest BCUT2D eigenvalue weighted by Crippen LogP contribution is 2.25. The highest BCUT2D eigenvalue weighted by molar-refractivity contribution is 5.82. The number of nitrogens with zero attached hydrogens (tertiary/aromatic N) is 1. The Bertz CT molecular complexity index is 544. The molecule has 18 heavy (non-hydrogen) atoms. The minimum absolute atomic E-state index is 0.0806. The summed E-state index contributed by atoms with van der Waals surface area (Å²) < 4.78 is 4.92. The second-order valence-electron chi connectivity index (χ2n) is 4.82. The minimum atomic E-state index is -0.220. The topological polar surface area (TPSA) is 78.5 Å². The molecule has 5 heteroatoms. The third-order valence-corrected chi connectivity index (χ3v) is 3.44. The quantitative estimate of drug-likeness (QED) is 0.744. The van der Waals surface area contributed by atoms with Gasteiger partial charge in [0.2, 0.25) is 0 Å². The lowest BCUT2D eigenvalue weighted by Gasteiger charge is -2.26. The molecule has 1 aliphatic rings. The van der Waals surface area contributed by atoms with Crippen LogP contribution >= 0.6 is 0 Å². The van der Waals surface area contributed by atoms with E-state index < -0.39 is 0 Å². The predicted molar refractivity (Wildman–Crippen MR) is 66.4 cm³/mol. The molecule has 3 N–H and O–H groups in total.